The van der Waals surface area contributed by atoms with Gasteiger partial charge in [-0.05, 0) is 55.3 Å². The highest BCUT2D eigenvalue weighted by atomic mass is 16.5. The van der Waals surface area contributed by atoms with E-state index in [1.807, 2.05) is 38.1 Å². The summed E-state index contributed by atoms with van der Waals surface area (Å²) >= 11 is 0. The van der Waals surface area contributed by atoms with Crippen molar-refractivity contribution in [1.82, 2.24) is 0 Å². The van der Waals surface area contributed by atoms with Crippen molar-refractivity contribution in [2.75, 3.05) is 12.4 Å². The second kappa shape index (κ2) is 5.57. The van der Waals surface area contributed by atoms with E-state index < -0.39 is 0 Å². The molecule has 3 heteroatoms. The molecule has 19 heavy (non-hydrogen) atoms. The van der Waals surface area contributed by atoms with Crippen molar-refractivity contribution in [1.29, 1.82) is 0 Å². The molecule has 0 saturated carbocycles. The van der Waals surface area contributed by atoms with Gasteiger partial charge >= 0.3 is 0 Å². The number of anilines is 1. The molecule has 1 N–H and O–H groups in total. The Hall–Kier alpha value is -2.29. The summed E-state index contributed by atoms with van der Waals surface area (Å²) in [6, 6.07) is 13.0. The third kappa shape index (κ3) is 3.13. The zero-order valence-corrected chi connectivity index (χ0v) is 11.4. The minimum absolute atomic E-state index is 0.137. The minimum Gasteiger partial charge on any atom is -0.497 e. The smallest absolute Gasteiger partial charge is 0.255 e. The first-order chi connectivity index (χ1) is 9.10. The van der Waals surface area contributed by atoms with Gasteiger partial charge in [0.15, 0.2) is 0 Å². The average molecular weight is 255 g/mol. The number of carbonyl (C=O) groups excluding carboxylic acids is 1. The lowest BCUT2D eigenvalue weighted by Crippen LogP contribution is -2.12. The van der Waals surface area contributed by atoms with Crippen LogP contribution in [0.25, 0.3) is 0 Å². The summed E-state index contributed by atoms with van der Waals surface area (Å²) in [4.78, 5) is 12.1. The first-order valence-corrected chi connectivity index (χ1v) is 6.13. The largest absolute Gasteiger partial charge is 0.497 e. The van der Waals surface area contributed by atoms with Crippen LogP contribution in [0, 0.1) is 13.8 Å². The molecule has 0 atom stereocenters. The Balaban J connectivity index is 2.18. The van der Waals surface area contributed by atoms with Gasteiger partial charge in [-0.1, -0.05) is 12.1 Å². The quantitative estimate of drug-likeness (QED) is 0.910. The summed E-state index contributed by atoms with van der Waals surface area (Å²) in [7, 11) is 1.58. The van der Waals surface area contributed by atoms with Gasteiger partial charge in [0.2, 0.25) is 0 Å². The standard InChI is InChI=1S/C16H17NO2/c1-11-7-8-14(9-12(11)2)17-16(18)13-5-4-6-15(10-13)19-3/h4-10H,1-3H3,(H,17,18). The predicted octanol–water partition coefficient (Wildman–Crippen LogP) is 3.56. The Kier molecular flexibility index (Phi) is 3.85. The number of ether oxygens (including phenoxy) is 1. The van der Waals surface area contributed by atoms with Crippen LogP contribution >= 0.6 is 0 Å². The molecular formula is C16H17NO2. The summed E-state index contributed by atoms with van der Waals surface area (Å²) in [5.41, 5.74) is 3.75. The van der Waals surface area contributed by atoms with E-state index in [-0.39, 0.29) is 5.91 Å². The van der Waals surface area contributed by atoms with E-state index in [1.54, 1.807) is 25.3 Å². The van der Waals surface area contributed by atoms with Crippen LogP contribution in [0.3, 0.4) is 0 Å². The number of hydrogen-bond donors (Lipinski definition) is 1. The van der Waals surface area contributed by atoms with E-state index >= 15 is 0 Å². The number of carbonyl (C=O) groups is 1. The fourth-order valence-electron chi connectivity index (χ4n) is 1.79. The molecular weight excluding hydrogens is 238 g/mol. The lowest BCUT2D eigenvalue weighted by atomic mass is 10.1. The van der Waals surface area contributed by atoms with E-state index in [0.717, 1.165) is 11.3 Å². The summed E-state index contributed by atoms with van der Waals surface area (Å²) in [5.74, 6) is 0.537. The third-order valence-electron chi connectivity index (χ3n) is 3.10. The fraction of sp³-hybridized carbons (Fsp3) is 0.188. The Labute approximate surface area is 113 Å². The molecule has 0 aliphatic rings. The number of methoxy groups -OCH3 is 1. The molecule has 2 aromatic carbocycles. The van der Waals surface area contributed by atoms with Gasteiger partial charge in [0.25, 0.3) is 5.91 Å². The highest BCUT2D eigenvalue weighted by Crippen LogP contribution is 2.17. The van der Waals surface area contributed by atoms with Gasteiger partial charge < -0.3 is 10.1 Å². The highest BCUT2D eigenvalue weighted by Gasteiger charge is 2.07. The van der Waals surface area contributed by atoms with Crippen LogP contribution in [-0.2, 0) is 0 Å². The highest BCUT2D eigenvalue weighted by molar-refractivity contribution is 6.04. The Bertz CT molecular complexity index is 605. The van der Waals surface area contributed by atoms with Crippen LogP contribution in [0.5, 0.6) is 5.75 Å². The van der Waals surface area contributed by atoms with Crippen LogP contribution in [0.1, 0.15) is 21.5 Å². The molecule has 0 unspecified atom stereocenters. The number of aryl methyl sites for hydroxylation is 2. The van der Waals surface area contributed by atoms with Crippen LogP contribution in [-0.4, -0.2) is 13.0 Å². The second-order valence-corrected chi connectivity index (χ2v) is 4.49. The van der Waals surface area contributed by atoms with Gasteiger partial charge in [-0.2, -0.15) is 0 Å². The first kappa shape index (κ1) is 13.1. The molecule has 0 bridgehead atoms. The monoisotopic (exact) mass is 255 g/mol. The van der Waals surface area contributed by atoms with Gasteiger partial charge in [-0.15, -0.1) is 0 Å². The number of nitrogens with one attached hydrogen (secondary N) is 1. The van der Waals surface area contributed by atoms with Gasteiger partial charge in [0.05, 0.1) is 7.11 Å². The van der Waals surface area contributed by atoms with Crippen molar-refractivity contribution in [3.63, 3.8) is 0 Å². The van der Waals surface area contributed by atoms with Crippen molar-refractivity contribution in [2.24, 2.45) is 0 Å². The summed E-state index contributed by atoms with van der Waals surface area (Å²) in [6.45, 7) is 4.07. The molecule has 2 aromatic rings. The minimum atomic E-state index is -0.137. The molecule has 1 amide bonds. The van der Waals surface area contributed by atoms with Gasteiger partial charge in [-0.25, -0.2) is 0 Å². The number of hydrogen-bond acceptors (Lipinski definition) is 2. The maximum atomic E-state index is 12.1. The van der Waals surface area contributed by atoms with Crippen molar-refractivity contribution in [3.8, 4) is 5.75 Å². The summed E-state index contributed by atoms with van der Waals surface area (Å²) in [5, 5.41) is 2.88. The SMILES string of the molecule is COc1cccc(C(=O)Nc2ccc(C)c(C)c2)c1. The van der Waals surface area contributed by atoms with E-state index in [4.69, 9.17) is 4.74 Å². The molecule has 0 saturated heterocycles. The van der Waals surface area contributed by atoms with E-state index in [0.29, 0.717) is 11.3 Å². The molecule has 0 heterocycles. The maximum Gasteiger partial charge on any atom is 0.255 e. The maximum absolute atomic E-state index is 12.1. The molecule has 2 rings (SSSR count). The topological polar surface area (TPSA) is 38.3 Å². The lowest BCUT2D eigenvalue weighted by molar-refractivity contribution is 0.102. The van der Waals surface area contributed by atoms with Crippen molar-refractivity contribution in [3.05, 3.63) is 59.2 Å². The predicted molar refractivity (Wildman–Crippen MR) is 76.9 cm³/mol. The Morgan fingerprint density at radius 3 is 2.53 bits per heavy atom. The number of benzene rings is 2. The number of rotatable bonds is 3. The van der Waals surface area contributed by atoms with Crippen LogP contribution in [0.2, 0.25) is 0 Å². The van der Waals surface area contributed by atoms with E-state index in [1.165, 1.54) is 5.56 Å². The normalized spacial score (nSPS) is 10.1. The summed E-state index contributed by atoms with van der Waals surface area (Å²) in [6.07, 6.45) is 0. The molecule has 3 nitrogen and oxygen atoms in total. The summed E-state index contributed by atoms with van der Waals surface area (Å²) < 4.78 is 5.11. The fourth-order valence-corrected chi connectivity index (χ4v) is 1.79. The average Bonchev–Trinajstić information content (AvgIpc) is 2.43. The van der Waals surface area contributed by atoms with Crippen molar-refractivity contribution < 1.29 is 9.53 Å². The van der Waals surface area contributed by atoms with Crippen molar-refractivity contribution >= 4 is 11.6 Å². The van der Waals surface area contributed by atoms with Crippen LogP contribution < -0.4 is 10.1 Å². The molecule has 0 aliphatic heterocycles. The van der Waals surface area contributed by atoms with Crippen molar-refractivity contribution in [2.45, 2.75) is 13.8 Å². The Morgan fingerprint density at radius 2 is 1.84 bits per heavy atom. The lowest BCUT2D eigenvalue weighted by Gasteiger charge is -2.08. The molecule has 0 spiro atoms. The molecule has 0 fully saturated rings. The zero-order chi connectivity index (χ0) is 13.8. The van der Waals surface area contributed by atoms with Crippen LogP contribution in [0.4, 0.5) is 5.69 Å². The van der Waals surface area contributed by atoms with Crippen LogP contribution in [0.15, 0.2) is 42.5 Å². The molecule has 98 valence electrons. The first-order valence-electron chi connectivity index (χ1n) is 6.13. The molecule has 0 aromatic heterocycles. The van der Waals surface area contributed by atoms with Gasteiger partial charge in [-0.3, -0.25) is 4.79 Å². The Morgan fingerprint density at radius 1 is 1.05 bits per heavy atom. The zero-order valence-electron chi connectivity index (χ0n) is 11.4. The van der Waals surface area contributed by atoms with Gasteiger partial charge in [0, 0.05) is 11.3 Å². The van der Waals surface area contributed by atoms with E-state index in [2.05, 4.69) is 5.32 Å². The van der Waals surface area contributed by atoms with E-state index in [9.17, 15) is 4.79 Å². The van der Waals surface area contributed by atoms with Gasteiger partial charge in [0.1, 0.15) is 5.75 Å². The third-order valence-corrected chi connectivity index (χ3v) is 3.10. The number of amides is 1. The second-order valence-electron chi connectivity index (χ2n) is 4.49. The molecule has 0 radical (unpaired) electrons. The molecule has 0 aliphatic carbocycles.